The van der Waals surface area contributed by atoms with Crippen LogP contribution in [0.1, 0.15) is 6.92 Å². The Labute approximate surface area is 127 Å². The molecule has 86 valence electrons. The van der Waals surface area contributed by atoms with E-state index in [9.17, 15) is 4.79 Å². The average molecular weight is 478 g/mol. The topological polar surface area (TPSA) is 26.3 Å². The predicted octanol–water partition coefficient (Wildman–Crippen LogP) is 5.22. The SMILES string of the molecule is C=C(C)C(=O)Oc1cc(Br)c(Br)c(Br)c1Br. The number of carbonyl (C=O) groups excluding carboxylic acids is 1. The van der Waals surface area contributed by atoms with Gasteiger partial charge in [-0.3, -0.25) is 0 Å². The summed E-state index contributed by atoms with van der Waals surface area (Å²) in [5, 5.41) is 0. The number of halogens is 4. The molecule has 0 amide bonds. The van der Waals surface area contributed by atoms with Gasteiger partial charge in [-0.25, -0.2) is 4.79 Å². The predicted molar refractivity (Wildman–Crippen MR) is 77.7 cm³/mol. The molecule has 0 saturated heterocycles. The monoisotopic (exact) mass is 474 g/mol. The zero-order chi connectivity index (χ0) is 12.5. The summed E-state index contributed by atoms with van der Waals surface area (Å²) in [5.74, 6) is -0.0308. The molecule has 2 nitrogen and oxygen atoms in total. The molecule has 0 fully saturated rings. The number of carbonyl (C=O) groups is 1. The van der Waals surface area contributed by atoms with E-state index in [-0.39, 0.29) is 0 Å². The van der Waals surface area contributed by atoms with Gasteiger partial charge in [0.15, 0.2) is 0 Å². The second kappa shape index (κ2) is 5.80. The summed E-state index contributed by atoms with van der Waals surface area (Å²) in [7, 11) is 0. The van der Waals surface area contributed by atoms with Gasteiger partial charge >= 0.3 is 5.97 Å². The van der Waals surface area contributed by atoms with Gasteiger partial charge in [-0.2, -0.15) is 0 Å². The normalized spacial score (nSPS) is 10.1. The highest BCUT2D eigenvalue weighted by atomic mass is 79.9. The number of hydrogen-bond acceptors (Lipinski definition) is 2. The van der Waals surface area contributed by atoms with Crippen LogP contribution >= 0.6 is 63.7 Å². The van der Waals surface area contributed by atoms with Gasteiger partial charge in [-0.1, -0.05) is 6.58 Å². The third kappa shape index (κ3) is 3.18. The third-order valence-electron chi connectivity index (χ3n) is 1.62. The molecular weight excluding hydrogens is 472 g/mol. The number of hydrogen-bond donors (Lipinski definition) is 0. The maximum Gasteiger partial charge on any atom is 0.338 e. The summed E-state index contributed by atoms with van der Waals surface area (Å²) in [6, 6.07) is 1.69. The van der Waals surface area contributed by atoms with E-state index in [0.29, 0.717) is 15.8 Å². The molecule has 0 spiro atoms. The highest BCUT2D eigenvalue weighted by Gasteiger charge is 2.15. The molecule has 0 unspecified atom stereocenters. The molecule has 0 aromatic heterocycles. The van der Waals surface area contributed by atoms with Crippen LogP contribution in [0.3, 0.4) is 0 Å². The molecule has 0 radical (unpaired) electrons. The number of rotatable bonds is 2. The molecule has 1 aromatic rings. The van der Waals surface area contributed by atoms with E-state index >= 15 is 0 Å². The summed E-state index contributed by atoms with van der Waals surface area (Å²) in [6.45, 7) is 5.12. The van der Waals surface area contributed by atoms with Crippen molar-refractivity contribution in [2.45, 2.75) is 6.92 Å². The van der Waals surface area contributed by atoms with Crippen LogP contribution in [0.2, 0.25) is 0 Å². The molecule has 0 saturated carbocycles. The van der Waals surface area contributed by atoms with E-state index in [4.69, 9.17) is 4.74 Å². The van der Waals surface area contributed by atoms with Crippen molar-refractivity contribution in [3.05, 3.63) is 36.1 Å². The Hall–Kier alpha value is 0.350. The van der Waals surface area contributed by atoms with Crippen molar-refractivity contribution in [3.8, 4) is 5.75 Å². The largest absolute Gasteiger partial charge is 0.422 e. The second-order valence-electron chi connectivity index (χ2n) is 2.97. The lowest BCUT2D eigenvalue weighted by Gasteiger charge is -2.10. The highest BCUT2D eigenvalue weighted by Crippen LogP contribution is 2.42. The first-order chi connectivity index (χ1) is 7.34. The van der Waals surface area contributed by atoms with Crippen LogP contribution in [0.25, 0.3) is 0 Å². The minimum absolute atomic E-state index is 0.349. The molecule has 0 aliphatic heterocycles. The van der Waals surface area contributed by atoms with Gasteiger partial charge in [0.25, 0.3) is 0 Å². The number of benzene rings is 1. The molecular formula is C10H6Br4O2. The van der Waals surface area contributed by atoms with Crippen molar-refractivity contribution >= 4 is 69.7 Å². The zero-order valence-corrected chi connectivity index (χ0v) is 14.5. The molecule has 0 N–H and O–H groups in total. The Morgan fingerprint density at radius 1 is 1.19 bits per heavy atom. The van der Waals surface area contributed by atoms with Crippen molar-refractivity contribution in [1.82, 2.24) is 0 Å². The maximum absolute atomic E-state index is 11.4. The standard InChI is InChI=1S/C10H6Br4O2/c1-4(2)10(15)16-6-3-5(11)7(12)9(14)8(6)13/h3H,1H2,2H3. The van der Waals surface area contributed by atoms with Crippen LogP contribution in [0, 0.1) is 0 Å². The van der Waals surface area contributed by atoms with Crippen molar-refractivity contribution in [1.29, 1.82) is 0 Å². The van der Waals surface area contributed by atoms with E-state index in [1.807, 2.05) is 0 Å². The molecule has 0 heterocycles. The summed E-state index contributed by atoms with van der Waals surface area (Å²) < 4.78 is 8.22. The van der Waals surface area contributed by atoms with E-state index < -0.39 is 5.97 Å². The van der Waals surface area contributed by atoms with Gasteiger partial charge in [0.2, 0.25) is 0 Å². The Morgan fingerprint density at radius 3 is 2.25 bits per heavy atom. The van der Waals surface area contributed by atoms with Crippen molar-refractivity contribution in [3.63, 3.8) is 0 Å². The van der Waals surface area contributed by atoms with Crippen molar-refractivity contribution in [2.24, 2.45) is 0 Å². The maximum atomic E-state index is 11.4. The molecule has 0 aliphatic rings. The average Bonchev–Trinajstić information content (AvgIpc) is 2.22. The van der Waals surface area contributed by atoms with E-state index in [1.54, 1.807) is 13.0 Å². The minimum Gasteiger partial charge on any atom is -0.422 e. The highest BCUT2D eigenvalue weighted by molar-refractivity contribution is 9.15. The van der Waals surface area contributed by atoms with Crippen LogP contribution in [0.5, 0.6) is 5.75 Å². The fourth-order valence-corrected chi connectivity index (χ4v) is 2.87. The molecule has 16 heavy (non-hydrogen) atoms. The summed E-state index contributed by atoms with van der Waals surface area (Å²) in [5.41, 5.74) is 0.349. The van der Waals surface area contributed by atoms with Gasteiger partial charge < -0.3 is 4.74 Å². The van der Waals surface area contributed by atoms with Crippen molar-refractivity contribution < 1.29 is 9.53 Å². The fraction of sp³-hybridized carbons (Fsp3) is 0.100. The van der Waals surface area contributed by atoms with Crippen LogP contribution in [-0.4, -0.2) is 5.97 Å². The van der Waals surface area contributed by atoms with Crippen molar-refractivity contribution in [2.75, 3.05) is 0 Å². The van der Waals surface area contributed by atoms with E-state index in [2.05, 4.69) is 70.3 Å². The van der Waals surface area contributed by atoms with Gasteiger partial charge in [0.05, 0.1) is 8.95 Å². The third-order valence-corrected chi connectivity index (χ3v) is 6.25. The molecule has 0 atom stereocenters. The Morgan fingerprint density at radius 2 is 1.75 bits per heavy atom. The number of esters is 1. The molecule has 6 heteroatoms. The molecule has 1 aromatic carbocycles. The lowest BCUT2D eigenvalue weighted by atomic mass is 10.3. The van der Waals surface area contributed by atoms with Crippen LogP contribution in [0.15, 0.2) is 36.1 Å². The van der Waals surface area contributed by atoms with Gasteiger partial charge in [0, 0.05) is 14.5 Å². The Balaban J connectivity index is 3.16. The van der Waals surface area contributed by atoms with Gasteiger partial charge in [-0.15, -0.1) is 0 Å². The first kappa shape index (κ1) is 14.4. The number of ether oxygens (including phenoxy) is 1. The quantitative estimate of drug-likeness (QED) is 0.192. The zero-order valence-electron chi connectivity index (χ0n) is 8.11. The lowest BCUT2D eigenvalue weighted by molar-refractivity contribution is -0.130. The van der Waals surface area contributed by atoms with E-state index in [0.717, 1.165) is 13.4 Å². The Kier molecular flexibility index (Phi) is 5.22. The van der Waals surface area contributed by atoms with Crippen LogP contribution in [-0.2, 0) is 4.79 Å². The minimum atomic E-state index is -0.457. The van der Waals surface area contributed by atoms with Crippen LogP contribution < -0.4 is 4.74 Å². The van der Waals surface area contributed by atoms with Gasteiger partial charge in [-0.05, 0) is 76.7 Å². The van der Waals surface area contributed by atoms with Gasteiger partial charge in [0.1, 0.15) is 5.75 Å². The van der Waals surface area contributed by atoms with E-state index in [1.165, 1.54) is 0 Å². The first-order valence-corrected chi connectivity index (χ1v) is 7.22. The summed E-state index contributed by atoms with van der Waals surface area (Å²) in [6.07, 6.45) is 0. The molecule has 1 rings (SSSR count). The van der Waals surface area contributed by atoms with Crippen LogP contribution in [0.4, 0.5) is 0 Å². The Bertz CT molecular complexity index is 468. The fourth-order valence-electron chi connectivity index (χ4n) is 0.812. The summed E-state index contributed by atoms with van der Waals surface area (Å²) in [4.78, 5) is 11.4. The first-order valence-electron chi connectivity index (χ1n) is 4.05. The second-order valence-corrected chi connectivity index (χ2v) is 6.20. The molecule has 0 aliphatic carbocycles. The lowest BCUT2D eigenvalue weighted by Crippen LogP contribution is -2.08. The molecule has 0 bridgehead atoms. The summed E-state index contributed by atoms with van der Waals surface area (Å²) >= 11 is 13.4. The smallest absolute Gasteiger partial charge is 0.338 e.